The molecular weight excluding hydrogens is 304 g/mol. The molecule has 2 amide bonds. The molecule has 2 fully saturated rings. The van der Waals surface area contributed by atoms with Gasteiger partial charge in [-0.1, -0.05) is 18.9 Å². The van der Waals surface area contributed by atoms with Crippen LogP contribution in [0, 0.1) is 5.92 Å². The van der Waals surface area contributed by atoms with Gasteiger partial charge >= 0.3 is 0 Å². The highest BCUT2D eigenvalue weighted by Crippen LogP contribution is 2.27. The van der Waals surface area contributed by atoms with Crippen LogP contribution in [0.1, 0.15) is 55.3 Å². The summed E-state index contributed by atoms with van der Waals surface area (Å²) in [6, 6.07) is 7.12. The number of carbonyl (C=O) groups is 2. The van der Waals surface area contributed by atoms with E-state index in [1.807, 2.05) is 6.07 Å². The Morgan fingerprint density at radius 2 is 1.96 bits per heavy atom. The predicted octanol–water partition coefficient (Wildman–Crippen LogP) is 3.11. The number of anilines is 1. The van der Waals surface area contributed by atoms with Crippen molar-refractivity contribution in [1.82, 2.24) is 5.32 Å². The highest BCUT2D eigenvalue weighted by molar-refractivity contribution is 5.97. The molecule has 1 saturated carbocycles. The lowest BCUT2D eigenvalue weighted by Gasteiger charge is -2.12. The molecule has 1 heterocycles. The summed E-state index contributed by atoms with van der Waals surface area (Å²) < 4.78 is 5.51. The fraction of sp³-hybridized carbons (Fsp3) is 0.579. The quantitative estimate of drug-likeness (QED) is 0.842. The summed E-state index contributed by atoms with van der Waals surface area (Å²) in [6.07, 6.45) is 7.54. The molecule has 24 heavy (non-hydrogen) atoms. The first-order valence-corrected chi connectivity index (χ1v) is 9.00. The van der Waals surface area contributed by atoms with E-state index in [4.69, 9.17) is 4.74 Å². The van der Waals surface area contributed by atoms with E-state index in [1.165, 1.54) is 12.8 Å². The van der Waals surface area contributed by atoms with E-state index in [0.717, 1.165) is 32.3 Å². The molecule has 0 bridgehead atoms. The molecule has 1 unspecified atom stereocenters. The monoisotopic (exact) mass is 330 g/mol. The van der Waals surface area contributed by atoms with Crippen LogP contribution in [0.5, 0.6) is 0 Å². The van der Waals surface area contributed by atoms with Crippen molar-refractivity contribution in [2.75, 3.05) is 18.5 Å². The molecule has 1 saturated heterocycles. The Morgan fingerprint density at radius 3 is 2.71 bits per heavy atom. The van der Waals surface area contributed by atoms with Crippen LogP contribution in [-0.2, 0) is 9.53 Å². The smallest absolute Gasteiger partial charge is 0.251 e. The second-order valence-corrected chi connectivity index (χ2v) is 6.83. The summed E-state index contributed by atoms with van der Waals surface area (Å²) in [6.45, 7) is 1.32. The Kier molecular flexibility index (Phi) is 5.86. The maximum Gasteiger partial charge on any atom is 0.251 e. The molecule has 2 aliphatic rings. The zero-order chi connectivity index (χ0) is 16.8. The molecule has 3 rings (SSSR count). The van der Waals surface area contributed by atoms with Gasteiger partial charge in [0.25, 0.3) is 5.91 Å². The van der Waals surface area contributed by atoms with Crippen LogP contribution in [-0.4, -0.2) is 31.1 Å². The highest BCUT2D eigenvalue weighted by atomic mass is 16.5. The highest BCUT2D eigenvalue weighted by Gasteiger charge is 2.19. The number of benzene rings is 1. The fourth-order valence-corrected chi connectivity index (χ4v) is 3.54. The van der Waals surface area contributed by atoms with Gasteiger partial charge in [0.05, 0.1) is 6.10 Å². The number of rotatable bonds is 6. The lowest BCUT2D eigenvalue weighted by Crippen LogP contribution is -2.31. The molecule has 2 N–H and O–H groups in total. The van der Waals surface area contributed by atoms with Crippen molar-refractivity contribution >= 4 is 17.5 Å². The molecule has 1 aliphatic heterocycles. The summed E-state index contributed by atoms with van der Waals surface area (Å²) in [4.78, 5) is 24.4. The van der Waals surface area contributed by atoms with Crippen LogP contribution in [0.2, 0.25) is 0 Å². The Morgan fingerprint density at radius 1 is 1.12 bits per heavy atom. The Hall–Kier alpha value is -1.88. The van der Waals surface area contributed by atoms with Gasteiger partial charge in [-0.05, 0) is 49.8 Å². The number of hydrogen-bond acceptors (Lipinski definition) is 3. The van der Waals surface area contributed by atoms with Crippen molar-refractivity contribution in [3.63, 3.8) is 0 Å². The van der Waals surface area contributed by atoms with Crippen LogP contribution in [0.15, 0.2) is 24.3 Å². The molecule has 130 valence electrons. The summed E-state index contributed by atoms with van der Waals surface area (Å²) >= 11 is 0. The average molecular weight is 330 g/mol. The van der Waals surface area contributed by atoms with E-state index >= 15 is 0 Å². The van der Waals surface area contributed by atoms with Gasteiger partial charge < -0.3 is 15.4 Å². The molecule has 5 nitrogen and oxygen atoms in total. The predicted molar refractivity (Wildman–Crippen MR) is 93.0 cm³/mol. The van der Waals surface area contributed by atoms with E-state index in [0.29, 0.717) is 30.1 Å². The van der Waals surface area contributed by atoms with Crippen molar-refractivity contribution in [2.24, 2.45) is 5.92 Å². The van der Waals surface area contributed by atoms with Crippen molar-refractivity contribution < 1.29 is 14.3 Å². The Bertz CT molecular complexity index is 576. The normalized spacial score (nSPS) is 20.9. The average Bonchev–Trinajstić information content (AvgIpc) is 3.26. The number of hydrogen-bond donors (Lipinski definition) is 2. The minimum absolute atomic E-state index is 0.0406. The van der Waals surface area contributed by atoms with E-state index in [-0.39, 0.29) is 17.9 Å². The molecular formula is C19H26N2O3. The maximum atomic E-state index is 12.2. The molecule has 5 heteroatoms. The standard InChI is InChI=1S/C19H26N2O3/c22-18(11-14-5-1-2-6-14)21-16-8-3-7-15(12-16)19(23)20-13-17-9-4-10-24-17/h3,7-8,12,14,17H,1-2,4-6,9-11,13H2,(H,20,23)(H,21,22). The van der Waals surface area contributed by atoms with E-state index in [1.54, 1.807) is 18.2 Å². The number of ether oxygens (including phenoxy) is 1. The first kappa shape index (κ1) is 17.0. The molecule has 1 aromatic rings. The van der Waals surface area contributed by atoms with Crippen molar-refractivity contribution in [3.05, 3.63) is 29.8 Å². The topological polar surface area (TPSA) is 67.4 Å². The zero-order valence-electron chi connectivity index (χ0n) is 14.1. The molecule has 1 atom stereocenters. The van der Waals surface area contributed by atoms with Crippen molar-refractivity contribution in [3.8, 4) is 0 Å². The Balaban J connectivity index is 1.50. The molecule has 1 aromatic carbocycles. The maximum absolute atomic E-state index is 12.2. The number of carbonyl (C=O) groups excluding carboxylic acids is 2. The van der Waals surface area contributed by atoms with Crippen LogP contribution < -0.4 is 10.6 Å². The van der Waals surface area contributed by atoms with Gasteiger partial charge in [0.15, 0.2) is 0 Å². The number of nitrogens with one attached hydrogen (secondary N) is 2. The van der Waals surface area contributed by atoms with Crippen LogP contribution in [0.4, 0.5) is 5.69 Å². The summed E-state index contributed by atoms with van der Waals surface area (Å²) in [5.41, 5.74) is 1.24. The van der Waals surface area contributed by atoms with Gasteiger partial charge in [-0.3, -0.25) is 9.59 Å². The largest absolute Gasteiger partial charge is 0.376 e. The second kappa shape index (κ2) is 8.29. The lowest BCUT2D eigenvalue weighted by atomic mass is 10.0. The van der Waals surface area contributed by atoms with E-state index in [2.05, 4.69) is 10.6 Å². The number of amides is 2. The van der Waals surface area contributed by atoms with Gasteiger partial charge in [-0.15, -0.1) is 0 Å². The van der Waals surface area contributed by atoms with Gasteiger partial charge in [0.1, 0.15) is 0 Å². The zero-order valence-corrected chi connectivity index (χ0v) is 14.1. The van der Waals surface area contributed by atoms with Crippen molar-refractivity contribution in [2.45, 2.75) is 51.0 Å². The third-order valence-electron chi connectivity index (χ3n) is 4.87. The third-order valence-corrected chi connectivity index (χ3v) is 4.87. The Labute approximate surface area is 143 Å². The SMILES string of the molecule is O=C(CC1CCCC1)Nc1cccc(C(=O)NCC2CCCO2)c1. The van der Waals surface area contributed by atoms with Gasteiger partial charge in [-0.2, -0.15) is 0 Å². The lowest BCUT2D eigenvalue weighted by molar-refractivity contribution is -0.117. The second-order valence-electron chi connectivity index (χ2n) is 6.83. The van der Waals surface area contributed by atoms with Crippen LogP contribution in [0.25, 0.3) is 0 Å². The minimum Gasteiger partial charge on any atom is -0.376 e. The van der Waals surface area contributed by atoms with E-state index in [9.17, 15) is 9.59 Å². The molecule has 0 radical (unpaired) electrons. The molecule has 0 aromatic heterocycles. The summed E-state index contributed by atoms with van der Waals surface area (Å²) in [5, 5.41) is 5.82. The van der Waals surface area contributed by atoms with Gasteiger partial charge in [-0.25, -0.2) is 0 Å². The summed E-state index contributed by atoms with van der Waals surface area (Å²) in [5.74, 6) is 0.430. The third kappa shape index (κ3) is 4.81. The van der Waals surface area contributed by atoms with Gasteiger partial charge in [0.2, 0.25) is 5.91 Å². The summed E-state index contributed by atoms with van der Waals surface area (Å²) in [7, 11) is 0. The first-order chi connectivity index (χ1) is 11.7. The fourth-order valence-electron chi connectivity index (χ4n) is 3.54. The van der Waals surface area contributed by atoms with Crippen molar-refractivity contribution in [1.29, 1.82) is 0 Å². The van der Waals surface area contributed by atoms with E-state index < -0.39 is 0 Å². The minimum atomic E-state index is -0.127. The molecule has 1 aliphatic carbocycles. The van der Waals surface area contributed by atoms with Gasteiger partial charge in [0, 0.05) is 30.8 Å². The van der Waals surface area contributed by atoms with Crippen LogP contribution in [0.3, 0.4) is 0 Å². The molecule has 0 spiro atoms. The first-order valence-electron chi connectivity index (χ1n) is 9.00. The van der Waals surface area contributed by atoms with Crippen LogP contribution >= 0.6 is 0 Å².